The second-order valence-electron chi connectivity index (χ2n) is 7.34. The Balaban J connectivity index is 2.31. The molecular formula is C17H27O2P. The summed E-state index contributed by atoms with van der Waals surface area (Å²) in [5, 5.41) is 1.43. The van der Waals surface area contributed by atoms with E-state index in [0.29, 0.717) is 5.92 Å². The Morgan fingerprint density at radius 3 is 1.95 bits per heavy atom. The first kappa shape index (κ1) is 14.5. The van der Waals surface area contributed by atoms with Crippen LogP contribution in [-0.2, 0) is 9.05 Å². The Morgan fingerprint density at radius 1 is 0.950 bits per heavy atom. The topological polar surface area (TPSA) is 18.5 Å². The zero-order chi connectivity index (χ0) is 14.7. The molecule has 0 unspecified atom stereocenters. The second-order valence-corrected chi connectivity index (χ2v) is 12.6. The van der Waals surface area contributed by atoms with Gasteiger partial charge in [0.2, 0.25) is 0 Å². The van der Waals surface area contributed by atoms with Crippen LogP contribution in [0.5, 0.6) is 0 Å². The van der Waals surface area contributed by atoms with Crippen LogP contribution in [0, 0.1) is 5.92 Å². The van der Waals surface area contributed by atoms with Gasteiger partial charge in [-0.1, -0.05) is 0 Å². The summed E-state index contributed by atoms with van der Waals surface area (Å²) in [4.78, 5) is 0. The Bertz CT molecular complexity index is 495. The average Bonchev–Trinajstić information content (AvgIpc) is 2.47. The normalized spacial score (nSPS) is 31.9. The standard InChI is InChI=1S/C17H27O2P/c1-14-16(2,3)20(17(14,4)5,18-12-9-13-19-20)15-10-7-6-8-11-15/h6-8,10-11,14H,9,12-13H2,1-5H3. The minimum atomic E-state index is -2.87. The summed E-state index contributed by atoms with van der Waals surface area (Å²) in [5.74, 6) is 0.575. The summed E-state index contributed by atoms with van der Waals surface area (Å²) in [6, 6.07) is 10.8. The second kappa shape index (κ2) is 4.06. The predicted octanol–water partition coefficient (Wildman–Crippen LogP) is 4.34. The zero-order valence-corrected chi connectivity index (χ0v) is 14.2. The van der Waals surface area contributed by atoms with Gasteiger partial charge in [0.05, 0.1) is 0 Å². The molecule has 0 saturated carbocycles. The Hall–Kier alpha value is -0.430. The van der Waals surface area contributed by atoms with E-state index in [2.05, 4.69) is 65.0 Å². The number of hydrogen-bond donors (Lipinski definition) is 0. The molecule has 0 bridgehead atoms. The molecule has 112 valence electrons. The van der Waals surface area contributed by atoms with Gasteiger partial charge in [-0.2, -0.15) is 0 Å². The van der Waals surface area contributed by atoms with Crippen LogP contribution in [0.3, 0.4) is 0 Å². The van der Waals surface area contributed by atoms with Crippen molar-refractivity contribution >= 4 is 12.4 Å². The van der Waals surface area contributed by atoms with Crippen molar-refractivity contribution in [3.8, 4) is 0 Å². The minimum absolute atomic E-state index is 0.0663. The fourth-order valence-corrected chi connectivity index (χ4v) is 13.0. The third kappa shape index (κ3) is 1.19. The van der Waals surface area contributed by atoms with Crippen LogP contribution < -0.4 is 5.30 Å². The molecule has 0 aromatic heterocycles. The van der Waals surface area contributed by atoms with E-state index in [0.717, 1.165) is 19.6 Å². The van der Waals surface area contributed by atoms with Crippen molar-refractivity contribution in [3.05, 3.63) is 30.3 Å². The van der Waals surface area contributed by atoms with Crippen molar-refractivity contribution in [2.24, 2.45) is 5.92 Å². The van der Waals surface area contributed by atoms with E-state index in [1.807, 2.05) is 0 Å². The first-order chi connectivity index (χ1) is 9.31. The van der Waals surface area contributed by atoms with Crippen LogP contribution in [0.1, 0.15) is 41.0 Å². The van der Waals surface area contributed by atoms with Crippen LogP contribution >= 0.6 is 7.06 Å². The van der Waals surface area contributed by atoms with E-state index in [-0.39, 0.29) is 10.3 Å². The fourth-order valence-electron chi connectivity index (χ4n) is 5.00. The van der Waals surface area contributed by atoms with E-state index in [9.17, 15) is 0 Å². The van der Waals surface area contributed by atoms with Crippen LogP contribution in [0.4, 0.5) is 0 Å². The molecule has 0 amide bonds. The number of hydrogen-bond acceptors (Lipinski definition) is 2. The molecule has 2 aliphatic rings. The summed E-state index contributed by atoms with van der Waals surface area (Å²) >= 11 is 0. The maximum absolute atomic E-state index is 6.68. The van der Waals surface area contributed by atoms with Gasteiger partial charge in [-0.3, -0.25) is 0 Å². The van der Waals surface area contributed by atoms with Crippen molar-refractivity contribution in [1.29, 1.82) is 0 Å². The van der Waals surface area contributed by atoms with Gasteiger partial charge in [-0.25, -0.2) is 0 Å². The summed E-state index contributed by atoms with van der Waals surface area (Å²) in [6.07, 6.45) is 1.01. The van der Waals surface area contributed by atoms with E-state index < -0.39 is 7.06 Å². The third-order valence-electron chi connectivity index (χ3n) is 6.40. The number of benzene rings is 1. The van der Waals surface area contributed by atoms with Crippen LogP contribution in [0.15, 0.2) is 30.3 Å². The Labute approximate surface area is 123 Å². The van der Waals surface area contributed by atoms with Crippen LogP contribution in [-0.4, -0.2) is 23.5 Å². The van der Waals surface area contributed by atoms with Crippen molar-refractivity contribution in [2.45, 2.75) is 51.4 Å². The molecule has 1 aromatic carbocycles. The molecule has 0 atom stereocenters. The molecule has 2 aliphatic heterocycles. The van der Waals surface area contributed by atoms with Gasteiger partial charge in [-0.05, 0) is 0 Å². The molecule has 0 aliphatic carbocycles. The van der Waals surface area contributed by atoms with Crippen molar-refractivity contribution < 1.29 is 9.05 Å². The predicted molar refractivity (Wildman–Crippen MR) is 86.8 cm³/mol. The molecule has 0 radical (unpaired) electrons. The molecule has 2 heterocycles. The molecule has 1 aromatic rings. The molecule has 2 nitrogen and oxygen atoms in total. The molecule has 1 spiro atoms. The molecule has 0 N–H and O–H groups in total. The van der Waals surface area contributed by atoms with Crippen molar-refractivity contribution in [1.82, 2.24) is 0 Å². The SMILES string of the molecule is CC1C(C)(C)P2(c3ccccc3)(OCCCO2)C1(C)C. The van der Waals surface area contributed by atoms with Crippen LogP contribution in [0.2, 0.25) is 0 Å². The van der Waals surface area contributed by atoms with Crippen LogP contribution in [0.25, 0.3) is 0 Å². The molecular weight excluding hydrogens is 267 g/mol. The van der Waals surface area contributed by atoms with Gasteiger partial charge in [0.25, 0.3) is 0 Å². The maximum atomic E-state index is 6.68. The Kier molecular flexibility index (Phi) is 2.95. The zero-order valence-electron chi connectivity index (χ0n) is 13.3. The van der Waals surface area contributed by atoms with Gasteiger partial charge in [0.1, 0.15) is 0 Å². The molecule has 2 fully saturated rings. The quantitative estimate of drug-likeness (QED) is 0.717. The average molecular weight is 294 g/mol. The van der Waals surface area contributed by atoms with Crippen molar-refractivity contribution in [2.75, 3.05) is 13.2 Å². The molecule has 2 saturated heterocycles. The van der Waals surface area contributed by atoms with E-state index in [1.54, 1.807) is 0 Å². The first-order valence-electron chi connectivity index (χ1n) is 7.68. The fraction of sp³-hybridized carbons (Fsp3) is 0.647. The van der Waals surface area contributed by atoms with E-state index >= 15 is 0 Å². The van der Waals surface area contributed by atoms with Gasteiger partial charge in [-0.15, -0.1) is 0 Å². The monoisotopic (exact) mass is 294 g/mol. The van der Waals surface area contributed by atoms with Crippen molar-refractivity contribution in [3.63, 3.8) is 0 Å². The summed E-state index contributed by atoms with van der Waals surface area (Å²) in [6.45, 7) is 13.4. The van der Waals surface area contributed by atoms with E-state index in [4.69, 9.17) is 9.05 Å². The van der Waals surface area contributed by atoms with E-state index in [1.165, 1.54) is 5.30 Å². The van der Waals surface area contributed by atoms with Gasteiger partial charge < -0.3 is 0 Å². The molecule has 3 heteroatoms. The van der Waals surface area contributed by atoms with Gasteiger partial charge in [0.15, 0.2) is 0 Å². The molecule has 3 rings (SSSR count). The van der Waals surface area contributed by atoms with Gasteiger partial charge in [0, 0.05) is 0 Å². The third-order valence-corrected chi connectivity index (χ3v) is 14.0. The summed E-state index contributed by atoms with van der Waals surface area (Å²) in [5.41, 5.74) is 0. The number of rotatable bonds is 1. The molecule has 20 heavy (non-hydrogen) atoms. The summed E-state index contributed by atoms with van der Waals surface area (Å²) < 4.78 is 13.4. The van der Waals surface area contributed by atoms with Gasteiger partial charge >= 0.3 is 122 Å². The Morgan fingerprint density at radius 2 is 1.45 bits per heavy atom. The summed E-state index contributed by atoms with van der Waals surface area (Å²) in [7, 11) is -2.87. The first-order valence-corrected chi connectivity index (χ1v) is 9.75.